The summed E-state index contributed by atoms with van der Waals surface area (Å²) in [5.41, 5.74) is 0.292. The largest absolute Gasteiger partial charge is 0.332 e. The molecule has 2 aromatic rings. The average Bonchev–Trinajstić information content (AvgIpc) is 2.88. The third kappa shape index (κ3) is 2.88. The summed E-state index contributed by atoms with van der Waals surface area (Å²) in [6, 6.07) is 0. The average molecular weight is 306 g/mol. The highest BCUT2D eigenvalue weighted by Crippen LogP contribution is 2.09. The van der Waals surface area contributed by atoms with Gasteiger partial charge in [0.05, 0.1) is 6.33 Å². The van der Waals surface area contributed by atoms with E-state index in [4.69, 9.17) is 0 Å². The van der Waals surface area contributed by atoms with Gasteiger partial charge in [0.2, 0.25) is 0 Å². The quantitative estimate of drug-likeness (QED) is 0.719. The Bertz CT molecular complexity index is 797. The highest BCUT2D eigenvalue weighted by Gasteiger charge is 2.16. The maximum absolute atomic E-state index is 12.5. The van der Waals surface area contributed by atoms with E-state index in [1.807, 2.05) is 6.92 Å². The number of hydrogen-bond donors (Lipinski definition) is 0. The summed E-state index contributed by atoms with van der Waals surface area (Å²) < 4.78 is 4.54. The van der Waals surface area contributed by atoms with Crippen molar-refractivity contribution in [1.29, 1.82) is 0 Å². The second-order valence-electron chi connectivity index (χ2n) is 5.35. The molecule has 0 aliphatic heterocycles. The summed E-state index contributed by atoms with van der Waals surface area (Å²) in [6.07, 6.45) is 3.73. The van der Waals surface area contributed by atoms with E-state index in [-0.39, 0.29) is 17.0 Å². The van der Waals surface area contributed by atoms with Crippen LogP contribution in [0.1, 0.15) is 40.0 Å². The first-order valence-electron chi connectivity index (χ1n) is 7.69. The fourth-order valence-corrected chi connectivity index (χ4v) is 2.63. The van der Waals surface area contributed by atoms with Gasteiger partial charge in [-0.3, -0.25) is 13.9 Å². The second-order valence-corrected chi connectivity index (χ2v) is 5.35. The molecule has 2 rings (SSSR count). The zero-order chi connectivity index (χ0) is 16.3. The van der Waals surface area contributed by atoms with Crippen LogP contribution in [0.5, 0.6) is 0 Å². The molecule has 0 aromatic carbocycles. The zero-order valence-corrected chi connectivity index (χ0v) is 13.3. The molecule has 7 heteroatoms. The number of carbonyl (C=O) groups excluding carboxylic acids is 1. The van der Waals surface area contributed by atoms with Crippen LogP contribution < -0.4 is 11.2 Å². The third-order valence-electron chi connectivity index (χ3n) is 3.79. The standard InChI is InChI=1S/C15H22N4O3/c1-4-18-13-12(14(21)19(5-2)15(18)22)17(10-16-13)9-7-6-8-11(3)20/h10H,4-9H2,1-3H3. The number of nitrogens with zero attached hydrogens (tertiary/aromatic N) is 4. The maximum atomic E-state index is 12.5. The minimum absolute atomic E-state index is 0.170. The molecule has 0 fully saturated rings. The Labute approximate surface area is 128 Å². The molecule has 0 N–H and O–H groups in total. The SMILES string of the molecule is CCn1c(=O)c2c(ncn2CCCCC(C)=O)n(CC)c1=O. The lowest BCUT2D eigenvalue weighted by Gasteiger charge is -2.09. The van der Waals surface area contributed by atoms with E-state index in [1.165, 1.54) is 9.13 Å². The van der Waals surface area contributed by atoms with E-state index in [9.17, 15) is 14.4 Å². The summed E-state index contributed by atoms with van der Waals surface area (Å²) in [4.78, 5) is 40.0. The van der Waals surface area contributed by atoms with Gasteiger partial charge in [-0.1, -0.05) is 0 Å². The number of aromatic nitrogens is 4. The molecular weight excluding hydrogens is 284 g/mol. The number of imidazole rings is 1. The summed E-state index contributed by atoms with van der Waals surface area (Å²) in [6.45, 7) is 6.64. The van der Waals surface area contributed by atoms with Crippen molar-refractivity contribution in [2.24, 2.45) is 0 Å². The highest BCUT2D eigenvalue weighted by atomic mass is 16.2. The van der Waals surface area contributed by atoms with E-state index >= 15 is 0 Å². The Hall–Kier alpha value is -2.18. The van der Waals surface area contributed by atoms with E-state index in [0.717, 1.165) is 12.8 Å². The van der Waals surface area contributed by atoms with E-state index in [0.29, 0.717) is 37.2 Å². The van der Waals surface area contributed by atoms with Crippen molar-refractivity contribution >= 4 is 16.9 Å². The number of Topliss-reactive ketones (excluding diaryl/α,β-unsaturated/α-hetero) is 1. The second kappa shape index (κ2) is 6.72. The molecule has 22 heavy (non-hydrogen) atoms. The number of ketones is 1. The Morgan fingerprint density at radius 1 is 1.14 bits per heavy atom. The fourth-order valence-electron chi connectivity index (χ4n) is 2.63. The van der Waals surface area contributed by atoms with Crippen LogP contribution >= 0.6 is 0 Å². The minimum Gasteiger partial charge on any atom is -0.325 e. The molecule has 0 spiro atoms. The van der Waals surface area contributed by atoms with Gasteiger partial charge in [0.15, 0.2) is 11.2 Å². The minimum atomic E-state index is -0.315. The van der Waals surface area contributed by atoms with Crippen LogP contribution in [0.4, 0.5) is 0 Å². The predicted octanol–water partition coefficient (Wildman–Crippen LogP) is 1.16. The van der Waals surface area contributed by atoms with E-state index in [2.05, 4.69) is 4.98 Å². The molecule has 0 atom stereocenters. The van der Waals surface area contributed by atoms with Crippen LogP contribution in [0.15, 0.2) is 15.9 Å². The van der Waals surface area contributed by atoms with Crippen LogP contribution in [-0.2, 0) is 24.4 Å². The fraction of sp³-hybridized carbons (Fsp3) is 0.600. The number of carbonyl (C=O) groups is 1. The van der Waals surface area contributed by atoms with E-state index in [1.54, 1.807) is 24.7 Å². The van der Waals surface area contributed by atoms with Crippen molar-refractivity contribution in [2.45, 2.75) is 59.7 Å². The molecule has 0 saturated carbocycles. The Morgan fingerprint density at radius 3 is 2.41 bits per heavy atom. The Balaban J connectivity index is 2.44. The molecule has 120 valence electrons. The van der Waals surface area contributed by atoms with Gasteiger partial charge in [-0.15, -0.1) is 0 Å². The van der Waals surface area contributed by atoms with Crippen LogP contribution in [0.2, 0.25) is 0 Å². The Morgan fingerprint density at radius 2 is 1.82 bits per heavy atom. The summed E-state index contributed by atoms with van der Waals surface area (Å²) >= 11 is 0. The number of rotatable bonds is 7. The van der Waals surface area contributed by atoms with Gasteiger partial charge < -0.3 is 9.36 Å². The van der Waals surface area contributed by atoms with Crippen molar-refractivity contribution in [3.8, 4) is 0 Å². The molecule has 0 aliphatic carbocycles. The predicted molar refractivity (Wildman–Crippen MR) is 84.1 cm³/mol. The van der Waals surface area contributed by atoms with Crippen molar-refractivity contribution in [2.75, 3.05) is 0 Å². The highest BCUT2D eigenvalue weighted by molar-refractivity contribution is 5.75. The maximum Gasteiger partial charge on any atom is 0.332 e. The zero-order valence-electron chi connectivity index (χ0n) is 13.3. The summed E-state index contributed by atoms with van der Waals surface area (Å²) in [7, 11) is 0. The third-order valence-corrected chi connectivity index (χ3v) is 3.79. The molecular formula is C15H22N4O3. The van der Waals surface area contributed by atoms with Crippen molar-refractivity contribution in [3.63, 3.8) is 0 Å². The van der Waals surface area contributed by atoms with Crippen molar-refractivity contribution in [1.82, 2.24) is 18.7 Å². The first-order valence-corrected chi connectivity index (χ1v) is 7.69. The van der Waals surface area contributed by atoms with E-state index < -0.39 is 0 Å². The van der Waals surface area contributed by atoms with Gasteiger partial charge >= 0.3 is 5.69 Å². The molecule has 0 aliphatic rings. The lowest BCUT2D eigenvalue weighted by Crippen LogP contribution is -2.40. The smallest absolute Gasteiger partial charge is 0.325 e. The van der Waals surface area contributed by atoms with Gasteiger partial charge in [-0.05, 0) is 33.6 Å². The first kappa shape index (κ1) is 16.2. The van der Waals surface area contributed by atoms with Gasteiger partial charge in [-0.2, -0.15) is 0 Å². The number of hydrogen-bond acceptors (Lipinski definition) is 4. The van der Waals surface area contributed by atoms with Gasteiger partial charge in [0.1, 0.15) is 5.78 Å². The topological polar surface area (TPSA) is 78.9 Å². The molecule has 0 radical (unpaired) electrons. The molecule has 0 unspecified atom stereocenters. The van der Waals surface area contributed by atoms with Crippen molar-refractivity contribution in [3.05, 3.63) is 27.2 Å². The first-order chi connectivity index (χ1) is 10.5. The number of unbranched alkanes of at least 4 members (excludes halogenated alkanes) is 1. The lowest BCUT2D eigenvalue weighted by atomic mass is 10.2. The normalized spacial score (nSPS) is 11.2. The van der Waals surface area contributed by atoms with Crippen LogP contribution in [-0.4, -0.2) is 24.5 Å². The summed E-state index contributed by atoms with van der Waals surface area (Å²) in [5, 5.41) is 0. The summed E-state index contributed by atoms with van der Waals surface area (Å²) in [5.74, 6) is 0.170. The molecule has 2 aromatic heterocycles. The number of aryl methyl sites for hydroxylation is 2. The molecule has 2 heterocycles. The monoisotopic (exact) mass is 306 g/mol. The molecule has 0 saturated heterocycles. The van der Waals surface area contributed by atoms with Gasteiger partial charge in [0.25, 0.3) is 5.56 Å². The molecule has 0 bridgehead atoms. The van der Waals surface area contributed by atoms with Gasteiger partial charge in [-0.25, -0.2) is 9.78 Å². The molecule has 0 amide bonds. The van der Waals surface area contributed by atoms with Crippen LogP contribution in [0, 0.1) is 0 Å². The van der Waals surface area contributed by atoms with Gasteiger partial charge in [0, 0.05) is 26.1 Å². The number of fused-ring (bicyclic) bond motifs is 1. The van der Waals surface area contributed by atoms with Crippen LogP contribution in [0.3, 0.4) is 0 Å². The Kier molecular flexibility index (Phi) is 4.95. The molecule has 7 nitrogen and oxygen atoms in total. The van der Waals surface area contributed by atoms with Crippen LogP contribution in [0.25, 0.3) is 11.2 Å². The van der Waals surface area contributed by atoms with Crippen molar-refractivity contribution < 1.29 is 4.79 Å². The lowest BCUT2D eigenvalue weighted by molar-refractivity contribution is -0.117.